The third-order valence-electron chi connectivity index (χ3n) is 3.25. The fourth-order valence-corrected chi connectivity index (χ4v) is 2.07. The van der Waals surface area contributed by atoms with Gasteiger partial charge in [0.2, 0.25) is 0 Å². The van der Waals surface area contributed by atoms with Crippen LogP contribution in [0.3, 0.4) is 0 Å². The zero-order valence-corrected chi connectivity index (χ0v) is 11.2. The number of rotatable bonds is 7. The summed E-state index contributed by atoms with van der Waals surface area (Å²) < 4.78 is 18.7. The molecule has 1 unspecified atom stereocenters. The normalized spacial score (nSPS) is 12.5. The molecule has 0 aliphatic rings. The van der Waals surface area contributed by atoms with Gasteiger partial charge in [0.1, 0.15) is 11.6 Å². The molecule has 0 aliphatic carbocycles. The van der Waals surface area contributed by atoms with Crippen molar-refractivity contribution >= 4 is 0 Å². The Bertz CT molecular complexity index is 481. The number of benzene rings is 1. The minimum absolute atomic E-state index is 0.106. The maximum absolute atomic E-state index is 13.4. The average molecular weight is 261 g/mol. The number of nitrogens with one attached hydrogen (secondary N) is 1. The Labute approximate surface area is 113 Å². The second-order valence-electron chi connectivity index (χ2n) is 4.81. The Balaban J connectivity index is 1.67. The van der Waals surface area contributed by atoms with Gasteiger partial charge in [-0.15, -0.1) is 0 Å². The molecule has 0 amide bonds. The first-order chi connectivity index (χ1) is 9.25. The summed E-state index contributed by atoms with van der Waals surface area (Å²) in [6.07, 6.45) is 4.27. The van der Waals surface area contributed by atoms with Gasteiger partial charge >= 0.3 is 0 Å². The summed E-state index contributed by atoms with van der Waals surface area (Å²) in [6, 6.07) is 11.2. The van der Waals surface area contributed by atoms with Crippen molar-refractivity contribution in [1.29, 1.82) is 0 Å². The van der Waals surface area contributed by atoms with Crippen LogP contribution in [-0.2, 0) is 12.8 Å². The third kappa shape index (κ3) is 4.52. The van der Waals surface area contributed by atoms with Crippen molar-refractivity contribution in [3.8, 4) is 0 Å². The van der Waals surface area contributed by atoms with E-state index in [9.17, 15) is 4.39 Å². The molecule has 102 valence electrons. The number of furan rings is 1. The van der Waals surface area contributed by atoms with Crippen molar-refractivity contribution in [1.82, 2.24) is 5.32 Å². The molecule has 1 atom stereocenters. The topological polar surface area (TPSA) is 25.2 Å². The summed E-state index contributed by atoms with van der Waals surface area (Å²) >= 11 is 0. The first kappa shape index (κ1) is 13.8. The Hall–Kier alpha value is -1.61. The Morgan fingerprint density at radius 2 is 2.00 bits per heavy atom. The van der Waals surface area contributed by atoms with Crippen molar-refractivity contribution in [2.75, 3.05) is 6.54 Å². The number of halogens is 1. The summed E-state index contributed by atoms with van der Waals surface area (Å²) in [6.45, 7) is 3.01. The van der Waals surface area contributed by atoms with Crippen LogP contribution in [0.1, 0.15) is 24.7 Å². The van der Waals surface area contributed by atoms with Crippen LogP contribution in [0, 0.1) is 5.82 Å². The van der Waals surface area contributed by atoms with E-state index in [2.05, 4.69) is 12.2 Å². The molecule has 1 heterocycles. The molecule has 2 aromatic rings. The summed E-state index contributed by atoms with van der Waals surface area (Å²) in [4.78, 5) is 0. The molecule has 0 fully saturated rings. The molecule has 19 heavy (non-hydrogen) atoms. The van der Waals surface area contributed by atoms with Gasteiger partial charge in [0.15, 0.2) is 0 Å². The van der Waals surface area contributed by atoms with E-state index in [1.54, 1.807) is 12.3 Å². The van der Waals surface area contributed by atoms with E-state index >= 15 is 0 Å². The van der Waals surface area contributed by atoms with E-state index in [1.807, 2.05) is 24.3 Å². The average Bonchev–Trinajstić information content (AvgIpc) is 2.91. The van der Waals surface area contributed by atoms with E-state index in [0.29, 0.717) is 6.04 Å². The van der Waals surface area contributed by atoms with Crippen molar-refractivity contribution in [2.24, 2.45) is 0 Å². The van der Waals surface area contributed by atoms with Gasteiger partial charge in [0, 0.05) is 19.0 Å². The van der Waals surface area contributed by atoms with Gasteiger partial charge in [-0.05, 0) is 43.5 Å². The number of aryl methyl sites for hydroxylation is 1. The standard InChI is InChI=1S/C16H20FNO/c1-13(18-11-10-15-6-4-12-19-15)8-9-14-5-2-3-7-16(14)17/h2-7,12-13,18H,8-11H2,1H3. The van der Waals surface area contributed by atoms with E-state index < -0.39 is 0 Å². The van der Waals surface area contributed by atoms with E-state index in [-0.39, 0.29) is 5.82 Å². The Kier molecular flexibility index (Phi) is 5.16. The first-order valence-electron chi connectivity index (χ1n) is 6.75. The largest absolute Gasteiger partial charge is 0.469 e. The Morgan fingerprint density at radius 3 is 2.74 bits per heavy atom. The minimum Gasteiger partial charge on any atom is -0.469 e. The molecular formula is C16H20FNO. The molecule has 0 radical (unpaired) electrons. The second kappa shape index (κ2) is 7.10. The molecule has 0 saturated heterocycles. The molecule has 0 bridgehead atoms. The van der Waals surface area contributed by atoms with Crippen LogP contribution in [0.4, 0.5) is 4.39 Å². The highest BCUT2D eigenvalue weighted by Gasteiger charge is 2.05. The van der Waals surface area contributed by atoms with Gasteiger partial charge in [-0.25, -0.2) is 4.39 Å². The molecule has 2 nitrogen and oxygen atoms in total. The fourth-order valence-electron chi connectivity index (χ4n) is 2.07. The maximum Gasteiger partial charge on any atom is 0.126 e. The van der Waals surface area contributed by atoms with Gasteiger partial charge in [-0.3, -0.25) is 0 Å². The van der Waals surface area contributed by atoms with Gasteiger partial charge in [0.05, 0.1) is 6.26 Å². The molecule has 2 rings (SSSR count). The van der Waals surface area contributed by atoms with E-state index in [1.165, 1.54) is 6.07 Å². The lowest BCUT2D eigenvalue weighted by Gasteiger charge is -2.13. The lowest BCUT2D eigenvalue weighted by atomic mass is 10.1. The predicted octanol–water partition coefficient (Wildman–Crippen LogP) is 3.57. The third-order valence-corrected chi connectivity index (χ3v) is 3.25. The summed E-state index contributed by atoms with van der Waals surface area (Å²) in [5, 5.41) is 3.43. The van der Waals surface area contributed by atoms with Crippen LogP contribution >= 0.6 is 0 Å². The van der Waals surface area contributed by atoms with E-state index in [0.717, 1.165) is 37.1 Å². The van der Waals surface area contributed by atoms with E-state index in [4.69, 9.17) is 4.42 Å². The van der Waals surface area contributed by atoms with Gasteiger partial charge < -0.3 is 9.73 Å². The Morgan fingerprint density at radius 1 is 1.16 bits per heavy atom. The smallest absolute Gasteiger partial charge is 0.126 e. The molecule has 1 aromatic heterocycles. The van der Waals surface area contributed by atoms with Crippen LogP contribution < -0.4 is 5.32 Å². The van der Waals surface area contributed by atoms with Crippen molar-refractivity contribution in [3.63, 3.8) is 0 Å². The van der Waals surface area contributed by atoms with Crippen LogP contribution in [0.2, 0.25) is 0 Å². The highest BCUT2D eigenvalue weighted by atomic mass is 19.1. The monoisotopic (exact) mass is 261 g/mol. The molecule has 0 spiro atoms. The summed E-state index contributed by atoms with van der Waals surface area (Å²) in [7, 11) is 0. The van der Waals surface area contributed by atoms with Gasteiger partial charge in [-0.2, -0.15) is 0 Å². The molecule has 1 aromatic carbocycles. The molecule has 0 saturated carbocycles. The van der Waals surface area contributed by atoms with Gasteiger partial charge in [-0.1, -0.05) is 18.2 Å². The molecule has 3 heteroatoms. The fraction of sp³-hybridized carbons (Fsp3) is 0.375. The number of hydrogen-bond acceptors (Lipinski definition) is 2. The summed E-state index contributed by atoms with van der Waals surface area (Å²) in [5.41, 5.74) is 0.794. The highest BCUT2D eigenvalue weighted by Crippen LogP contribution is 2.10. The quantitative estimate of drug-likeness (QED) is 0.824. The van der Waals surface area contributed by atoms with Crippen LogP contribution in [0.15, 0.2) is 47.1 Å². The van der Waals surface area contributed by atoms with Crippen molar-refractivity contribution in [2.45, 2.75) is 32.2 Å². The minimum atomic E-state index is -0.106. The summed E-state index contributed by atoms with van der Waals surface area (Å²) in [5.74, 6) is 0.888. The number of hydrogen-bond donors (Lipinski definition) is 1. The zero-order chi connectivity index (χ0) is 13.5. The lowest BCUT2D eigenvalue weighted by Crippen LogP contribution is -2.28. The predicted molar refractivity (Wildman–Crippen MR) is 74.6 cm³/mol. The first-order valence-corrected chi connectivity index (χ1v) is 6.75. The highest BCUT2D eigenvalue weighted by molar-refractivity contribution is 5.17. The molecular weight excluding hydrogens is 241 g/mol. The molecule has 1 N–H and O–H groups in total. The SMILES string of the molecule is CC(CCc1ccccc1F)NCCc1ccco1. The molecule has 0 aliphatic heterocycles. The second-order valence-corrected chi connectivity index (χ2v) is 4.81. The van der Waals surface area contributed by atoms with Crippen molar-refractivity contribution in [3.05, 3.63) is 59.8 Å². The van der Waals surface area contributed by atoms with Gasteiger partial charge in [0.25, 0.3) is 0 Å². The lowest BCUT2D eigenvalue weighted by molar-refractivity contribution is 0.469. The van der Waals surface area contributed by atoms with Crippen LogP contribution in [0.5, 0.6) is 0 Å². The zero-order valence-electron chi connectivity index (χ0n) is 11.2. The van der Waals surface area contributed by atoms with Crippen molar-refractivity contribution < 1.29 is 8.81 Å². The maximum atomic E-state index is 13.4. The van der Waals surface area contributed by atoms with Crippen LogP contribution in [0.25, 0.3) is 0 Å². The van der Waals surface area contributed by atoms with Crippen LogP contribution in [-0.4, -0.2) is 12.6 Å².